The predicted octanol–water partition coefficient (Wildman–Crippen LogP) is 2.47. The second kappa shape index (κ2) is 5.68. The lowest BCUT2D eigenvalue weighted by molar-refractivity contribution is 0.0458. The van der Waals surface area contributed by atoms with E-state index >= 15 is 0 Å². The second-order valence-corrected chi connectivity index (χ2v) is 6.64. The summed E-state index contributed by atoms with van der Waals surface area (Å²) in [5.74, 6) is 0.994. The number of rotatable bonds is 5. The minimum atomic E-state index is -0.541. The van der Waals surface area contributed by atoms with Crippen LogP contribution >= 0.6 is 11.3 Å². The molecule has 1 fully saturated rings. The van der Waals surface area contributed by atoms with Crippen LogP contribution in [0.5, 0.6) is 0 Å². The van der Waals surface area contributed by atoms with Crippen molar-refractivity contribution in [2.45, 2.75) is 37.3 Å². The Balaban J connectivity index is 1.78. The van der Waals surface area contributed by atoms with E-state index in [-0.39, 0.29) is 6.04 Å². The quantitative estimate of drug-likeness (QED) is 0.890. The Morgan fingerprint density at radius 3 is 2.90 bits per heavy atom. The average molecular weight is 291 g/mol. The van der Waals surface area contributed by atoms with E-state index in [1.54, 1.807) is 11.3 Å². The summed E-state index contributed by atoms with van der Waals surface area (Å²) in [7, 11) is 2.01. The molecule has 0 bridgehead atoms. The minimum Gasteiger partial charge on any atom is -0.389 e. The molecule has 2 N–H and O–H groups in total. The lowest BCUT2D eigenvalue weighted by atomic mass is 10.0. The lowest BCUT2D eigenvalue weighted by Crippen LogP contribution is -2.40. The highest BCUT2D eigenvalue weighted by Crippen LogP contribution is 2.31. The first-order valence-corrected chi connectivity index (χ1v) is 8.02. The largest absolute Gasteiger partial charge is 0.389 e. The van der Waals surface area contributed by atoms with E-state index in [1.807, 2.05) is 24.0 Å². The molecule has 0 aromatic carbocycles. The van der Waals surface area contributed by atoms with E-state index in [0.717, 1.165) is 31.5 Å². The van der Waals surface area contributed by atoms with Gasteiger partial charge in [0.15, 0.2) is 0 Å². The van der Waals surface area contributed by atoms with Gasteiger partial charge in [-0.3, -0.25) is 0 Å². The molecule has 0 radical (unpaired) electrons. The first kappa shape index (κ1) is 13.8. The summed E-state index contributed by atoms with van der Waals surface area (Å²) in [5.41, 5.74) is -0.541. The third kappa shape index (κ3) is 2.80. The molecule has 1 atom stereocenters. The van der Waals surface area contributed by atoms with Gasteiger partial charge in [0.2, 0.25) is 0 Å². The van der Waals surface area contributed by atoms with Crippen molar-refractivity contribution in [2.75, 3.05) is 6.54 Å². The van der Waals surface area contributed by atoms with E-state index in [0.29, 0.717) is 6.54 Å². The van der Waals surface area contributed by atoms with Crippen LogP contribution in [0.25, 0.3) is 0 Å². The van der Waals surface area contributed by atoms with Gasteiger partial charge in [0, 0.05) is 30.9 Å². The number of aromatic nitrogens is 2. The molecule has 108 valence electrons. The maximum atomic E-state index is 10.5. The van der Waals surface area contributed by atoms with Crippen molar-refractivity contribution >= 4 is 11.3 Å². The normalized spacial score (nSPS) is 19.3. The van der Waals surface area contributed by atoms with Gasteiger partial charge in [-0.05, 0) is 24.3 Å². The molecule has 1 aliphatic carbocycles. The van der Waals surface area contributed by atoms with E-state index in [4.69, 9.17) is 0 Å². The number of imidazole rings is 1. The van der Waals surface area contributed by atoms with Crippen LogP contribution in [0.3, 0.4) is 0 Å². The third-order valence-corrected chi connectivity index (χ3v) is 5.05. The summed E-state index contributed by atoms with van der Waals surface area (Å²) in [5, 5.41) is 16.1. The Morgan fingerprint density at radius 1 is 1.50 bits per heavy atom. The smallest absolute Gasteiger partial charge is 0.131 e. The second-order valence-electron chi connectivity index (χ2n) is 5.66. The number of hydrogen-bond acceptors (Lipinski definition) is 4. The summed E-state index contributed by atoms with van der Waals surface area (Å²) in [4.78, 5) is 5.70. The van der Waals surface area contributed by atoms with Crippen molar-refractivity contribution in [1.82, 2.24) is 14.9 Å². The molecular weight excluding hydrogens is 270 g/mol. The molecule has 2 aromatic rings. The van der Waals surface area contributed by atoms with Crippen molar-refractivity contribution < 1.29 is 5.11 Å². The lowest BCUT2D eigenvalue weighted by Gasteiger charge is -2.26. The summed E-state index contributed by atoms with van der Waals surface area (Å²) >= 11 is 1.72. The Labute approximate surface area is 123 Å². The van der Waals surface area contributed by atoms with Gasteiger partial charge in [0.05, 0.1) is 5.60 Å². The number of aryl methyl sites for hydroxylation is 1. The number of nitrogens with zero attached hydrogens (tertiary/aromatic N) is 2. The van der Waals surface area contributed by atoms with Crippen molar-refractivity contribution in [3.05, 3.63) is 40.6 Å². The molecule has 3 rings (SSSR count). The van der Waals surface area contributed by atoms with Crippen LogP contribution in [0.4, 0.5) is 0 Å². The van der Waals surface area contributed by atoms with Crippen LogP contribution in [0.1, 0.15) is 42.4 Å². The Hall–Kier alpha value is -1.17. The highest BCUT2D eigenvalue weighted by atomic mass is 32.1. The monoisotopic (exact) mass is 291 g/mol. The summed E-state index contributed by atoms with van der Waals surface area (Å²) in [6.45, 7) is 0.627. The van der Waals surface area contributed by atoms with Crippen molar-refractivity contribution in [3.8, 4) is 0 Å². The molecule has 2 aromatic heterocycles. The maximum Gasteiger partial charge on any atom is 0.131 e. The Morgan fingerprint density at radius 2 is 2.30 bits per heavy atom. The minimum absolute atomic E-state index is 0.0552. The van der Waals surface area contributed by atoms with Crippen LogP contribution < -0.4 is 5.32 Å². The van der Waals surface area contributed by atoms with Gasteiger partial charge in [0.25, 0.3) is 0 Å². The van der Waals surface area contributed by atoms with Gasteiger partial charge in [-0.25, -0.2) is 4.98 Å². The number of thiophene rings is 1. The van der Waals surface area contributed by atoms with E-state index in [1.165, 1.54) is 4.88 Å². The Bertz CT molecular complexity index is 543. The van der Waals surface area contributed by atoms with E-state index in [9.17, 15) is 5.11 Å². The SMILES string of the molecule is Cn1ccnc1C(NCC1(O)CCCC1)c1cccs1. The van der Waals surface area contributed by atoms with Crippen molar-refractivity contribution in [3.63, 3.8) is 0 Å². The van der Waals surface area contributed by atoms with Crippen molar-refractivity contribution in [2.24, 2.45) is 7.05 Å². The fourth-order valence-electron chi connectivity index (χ4n) is 2.93. The first-order valence-electron chi connectivity index (χ1n) is 7.14. The fourth-order valence-corrected chi connectivity index (χ4v) is 3.73. The molecule has 0 aliphatic heterocycles. The topological polar surface area (TPSA) is 50.1 Å². The van der Waals surface area contributed by atoms with Crippen LogP contribution in [0.15, 0.2) is 29.9 Å². The number of hydrogen-bond donors (Lipinski definition) is 2. The molecule has 2 heterocycles. The summed E-state index contributed by atoms with van der Waals surface area (Å²) in [6, 6.07) is 4.23. The van der Waals surface area contributed by atoms with Gasteiger partial charge in [-0.2, -0.15) is 0 Å². The predicted molar refractivity (Wildman–Crippen MR) is 80.8 cm³/mol. The van der Waals surface area contributed by atoms with Crippen LogP contribution in [-0.4, -0.2) is 26.8 Å². The highest BCUT2D eigenvalue weighted by molar-refractivity contribution is 7.10. The number of aliphatic hydroxyl groups is 1. The van der Waals surface area contributed by atoms with Gasteiger partial charge < -0.3 is 15.0 Å². The molecular formula is C15H21N3OS. The fraction of sp³-hybridized carbons (Fsp3) is 0.533. The van der Waals surface area contributed by atoms with Gasteiger partial charge in [-0.1, -0.05) is 18.9 Å². The molecule has 0 saturated heterocycles. The van der Waals surface area contributed by atoms with Crippen LogP contribution in [-0.2, 0) is 7.05 Å². The molecule has 5 heteroatoms. The Kier molecular flexibility index (Phi) is 3.92. The third-order valence-electron chi connectivity index (χ3n) is 4.11. The van der Waals surface area contributed by atoms with E-state index in [2.05, 4.69) is 27.8 Å². The van der Waals surface area contributed by atoms with Crippen LogP contribution in [0.2, 0.25) is 0 Å². The summed E-state index contributed by atoms with van der Waals surface area (Å²) in [6.07, 6.45) is 7.84. The average Bonchev–Trinajstić information content (AvgIpc) is 3.14. The maximum absolute atomic E-state index is 10.5. The van der Waals surface area contributed by atoms with Gasteiger partial charge in [-0.15, -0.1) is 11.3 Å². The molecule has 1 aliphatic rings. The molecule has 0 spiro atoms. The first-order chi connectivity index (χ1) is 9.68. The van der Waals surface area contributed by atoms with Crippen LogP contribution in [0, 0.1) is 0 Å². The van der Waals surface area contributed by atoms with Gasteiger partial charge >= 0.3 is 0 Å². The zero-order chi connectivity index (χ0) is 14.0. The molecule has 4 nitrogen and oxygen atoms in total. The zero-order valence-electron chi connectivity index (χ0n) is 11.7. The summed E-state index contributed by atoms with van der Waals surface area (Å²) < 4.78 is 2.04. The van der Waals surface area contributed by atoms with Gasteiger partial charge in [0.1, 0.15) is 11.9 Å². The molecule has 1 saturated carbocycles. The molecule has 1 unspecified atom stereocenters. The van der Waals surface area contributed by atoms with E-state index < -0.39 is 5.60 Å². The highest BCUT2D eigenvalue weighted by Gasteiger charge is 2.32. The molecule has 20 heavy (non-hydrogen) atoms. The van der Waals surface area contributed by atoms with Crippen molar-refractivity contribution in [1.29, 1.82) is 0 Å². The standard InChI is InChI=1S/C15H21N3OS/c1-18-9-8-16-14(18)13(12-5-4-10-20-12)17-11-15(19)6-2-3-7-15/h4-5,8-10,13,17,19H,2-3,6-7,11H2,1H3. The molecule has 0 amide bonds. The zero-order valence-corrected chi connectivity index (χ0v) is 12.6. The number of nitrogens with one attached hydrogen (secondary N) is 1.